The maximum atomic E-state index is 7.39. The predicted octanol–water partition coefficient (Wildman–Crippen LogP) is 16.1. The fourth-order valence-corrected chi connectivity index (χ4v) is 11.2. The van der Waals surface area contributed by atoms with Crippen LogP contribution in [0.15, 0.2) is 97.1 Å². The zero-order valence-electron chi connectivity index (χ0n) is 37.3. The van der Waals surface area contributed by atoms with Crippen molar-refractivity contribution in [2.24, 2.45) is 0 Å². The minimum Gasteiger partial charge on any atom is -0.310 e. The summed E-state index contributed by atoms with van der Waals surface area (Å²) in [4.78, 5) is 2.49. The van der Waals surface area contributed by atoms with Gasteiger partial charge in [-0.15, -0.1) is 0 Å². The molecule has 0 amide bonds. The Balaban J connectivity index is 1.32. The average Bonchev–Trinajstić information content (AvgIpc) is 3.62. The second-order valence-corrected chi connectivity index (χ2v) is 22.6. The molecule has 1 aromatic heterocycles. The maximum Gasteiger partial charge on any atom is 0.0585 e. The number of hydrogen-bond donors (Lipinski definition) is 0. The first-order chi connectivity index (χ1) is 27.0. The lowest BCUT2D eigenvalue weighted by atomic mass is 9.63. The Morgan fingerprint density at radius 3 is 1.62 bits per heavy atom. The van der Waals surface area contributed by atoms with E-state index in [4.69, 9.17) is 11.6 Å². The van der Waals surface area contributed by atoms with Crippen molar-refractivity contribution < 1.29 is 0 Å². The summed E-state index contributed by atoms with van der Waals surface area (Å²) in [5.41, 5.74) is 18.5. The van der Waals surface area contributed by atoms with Gasteiger partial charge in [-0.3, -0.25) is 0 Å². The van der Waals surface area contributed by atoms with Gasteiger partial charge in [0.2, 0.25) is 0 Å². The second-order valence-electron chi connectivity index (χ2n) is 22.2. The molecule has 0 aliphatic heterocycles. The largest absolute Gasteiger partial charge is 0.310 e. The van der Waals surface area contributed by atoms with Crippen LogP contribution in [0, 0.1) is 0 Å². The molecule has 0 atom stereocenters. The van der Waals surface area contributed by atoms with Gasteiger partial charge in [0.25, 0.3) is 0 Å². The Labute approximate surface area is 353 Å². The number of rotatable bonds is 4. The van der Waals surface area contributed by atoms with E-state index in [1.54, 1.807) is 0 Å². The normalized spacial score (nSPS) is 19.3. The zero-order valence-corrected chi connectivity index (χ0v) is 38.1. The Morgan fingerprint density at radius 1 is 0.534 bits per heavy atom. The van der Waals surface area contributed by atoms with E-state index in [-0.39, 0.29) is 32.5 Å². The maximum absolute atomic E-state index is 7.39. The molecule has 0 fully saturated rings. The van der Waals surface area contributed by atoms with Crippen molar-refractivity contribution in [1.29, 1.82) is 0 Å². The number of fused-ring (bicyclic) bond motifs is 7. The molecular weight excluding hydrogens is 724 g/mol. The molecule has 0 saturated carbocycles. The molecule has 2 nitrogen and oxygen atoms in total. The number of anilines is 3. The van der Waals surface area contributed by atoms with E-state index in [1.165, 1.54) is 98.2 Å². The summed E-state index contributed by atoms with van der Waals surface area (Å²) in [7, 11) is 0. The van der Waals surface area contributed by atoms with Gasteiger partial charge in [0.05, 0.1) is 11.2 Å². The Morgan fingerprint density at radius 2 is 1.07 bits per heavy atom. The van der Waals surface area contributed by atoms with E-state index >= 15 is 0 Å². The van der Waals surface area contributed by atoms with E-state index in [1.807, 2.05) is 0 Å². The fourth-order valence-electron chi connectivity index (χ4n) is 11.0. The van der Waals surface area contributed by atoms with Crippen LogP contribution >= 0.6 is 11.6 Å². The predicted molar refractivity (Wildman–Crippen MR) is 250 cm³/mol. The molecule has 3 heteroatoms. The molecule has 6 aromatic rings. The lowest BCUT2D eigenvalue weighted by molar-refractivity contribution is 0.332. The fraction of sp³-hybridized carbons (Fsp3) is 0.418. The molecule has 9 rings (SSSR count). The SMILES string of the molecule is CC(C)(C)c1ccc2c(c1)c1c(n2-c2cc(Cl)cc(N(c3ccc4c(c3)C(C)(C)CCC4(C)C)c3ccc4c(c3)C(C)(C)CCC4(C)C)c2)-c2ccccc2C1(C)C. The first-order valence-corrected chi connectivity index (χ1v) is 22.1. The van der Waals surface area contributed by atoms with E-state index < -0.39 is 0 Å². The van der Waals surface area contributed by atoms with Gasteiger partial charge in [-0.2, -0.15) is 0 Å². The highest BCUT2D eigenvalue weighted by atomic mass is 35.5. The molecule has 3 aliphatic rings. The first kappa shape index (κ1) is 39.2. The quantitative estimate of drug-likeness (QED) is 0.173. The molecule has 0 radical (unpaired) electrons. The number of hydrogen-bond acceptors (Lipinski definition) is 1. The van der Waals surface area contributed by atoms with Crippen LogP contribution in [0.2, 0.25) is 5.02 Å². The van der Waals surface area contributed by atoms with Gasteiger partial charge in [-0.05, 0) is 146 Å². The number of benzene rings is 5. The van der Waals surface area contributed by atoms with Crippen molar-refractivity contribution >= 4 is 39.6 Å². The monoisotopic (exact) mass is 786 g/mol. The van der Waals surface area contributed by atoms with E-state index in [9.17, 15) is 0 Å². The standard InChI is InChI=1S/C55H63ClN2/c1-50(2,3)34-18-23-47-41(28-34)48-49(40-16-14-15-17-42(40)55(48,12)13)58(47)39-30-35(56)29-38(31-39)57(36-19-21-43-45(32-36)53(8,9)26-24-51(43,4)5)37-20-22-44-46(33-37)54(10,11)27-25-52(44,6)7/h14-23,28-33H,24-27H2,1-13H3. The highest BCUT2D eigenvalue weighted by Crippen LogP contribution is 2.55. The summed E-state index contributed by atoms with van der Waals surface area (Å²) in [5.74, 6) is 0. The lowest BCUT2D eigenvalue weighted by Crippen LogP contribution is -2.34. The Bertz CT molecular complexity index is 2570. The molecule has 0 spiro atoms. The van der Waals surface area contributed by atoms with E-state index in [0.29, 0.717) is 0 Å². The molecule has 3 aliphatic carbocycles. The number of nitrogens with zero attached hydrogens (tertiary/aromatic N) is 2. The van der Waals surface area contributed by atoms with Crippen LogP contribution in [0.4, 0.5) is 17.1 Å². The number of halogens is 1. The molecule has 0 unspecified atom stereocenters. The van der Waals surface area contributed by atoms with Crippen molar-refractivity contribution in [3.63, 3.8) is 0 Å². The molecule has 1 heterocycles. The third-order valence-corrected chi connectivity index (χ3v) is 15.1. The molecule has 0 N–H and O–H groups in total. The summed E-state index contributed by atoms with van der Waals surface area (Å²) in [6, 6.07) is 37.5. The van der Waals surface area contributed by atoms with Gasteiger partial charge in [0, 0.05) is 44.1 Å². The van der Waals surface area contributed by atoms with Gasteiger partial charge >= 0.3 is 0 Å². The van der Waals surface area contributed by atoms with Crippen LogP contribution in [-0.4, -0.2) is 4.57 Å². The smallest absolute Gasteiger partial charge is 0.0585 e. The third kappa shape index (κ3) is 5.94. The highest BCUT2D eigenvalue weighted by molar-refractivity contribution is 6.31. The minimum absolute atomic E-state index is 0.0276. The summed E-state index contributed by atoms with van der Waals surface area (Å²) < 4.78 is 2.51. The van der Waals surface area contributed by atoms with Crippen LogP contribution < -0.4 is 4.90 Å². The van der Waals surface area contributed by atoms with Gasteiger partial charge in [-0.1, -0.05) is 144 Å². The molecule has 5 aromatic carbocycles. The Kier molecular flexibility index (Phi) is 8.53. The Hall–Kier alpha value is -4.27. The lowest BCUT2D eigenvalue weighted by Gasteiger charge is -2.43. The van der Waals surface area contributed by atoms with Crippen LogP contribution in [-0.2, 0) is 32.5 Å². The summed E-state index contributed by atoms with van der Waals surface area (Å²) in [5, 5.41) is 2.05. The van der Waals surface area contributed by atoms with Gasteiger partial charge in [0.15, 0.2) is 0 Å². The summed E-state index contributed by atoms with van der Waals surface area (Å²) in [6.45, 7) is 31.1. The molecule has 300 valence electrons. The molecule has 0 saturated heterocycles. The molecular formula is C55H63ClN2. The van der Waals surface area contributed by atoms with Gasteiger partial charge in [0.1, 0.15) is 0 Å². The average molecular weight is 788 g/mol. The topological polar surface area (TPSA) is 8.17 Å². The van der Waals surface area contributed by atoms with Crippen molar-refractivity contribution in [1.82, 2.24) is 4.57 Å². The van der Waals surface area contributed by atoms with Crippen LogP contribution in [0.3, 0.4) is 0 Å². The summed E-state index contributed by atoms with van der Waals surface area (Å²) in [6.07, 6.45) is 4.71. The first-order valence-electron chi connectivity index (χ1n) is 21.7. The van der Waals surface area contributed by atoms with Gasteiger partial charge < -0.3 is 9.47 Å². The third-order valence-electron chi connectivity index (χ3n) is 14.9. The zero-order chi connectivity index (χ0) is 41.5. The van der Waals surface area contributed by atoms with Crippen molar-refractivity contribution in [3.8, 4) is 16.9 Å². The number of aromatic nitrogens is 1. The van der Waals surface area contributed by atoms with Crippen molar-refractivity contribution in [2.45, 2.75) is 148 Å². The highest BCUT2D eigenvalue weighted by Gasteiger charge is 2.42. The molecule has 58 heavy (non-hydrogen) atoms. The van der Waals surface area contributed by atoms with Crippen LogP contribution in [0.25, 0.3) is 27.8 Å². The van der Waals surface area contributed by atoms with Crippen molar-refractivity contribution in [3.05, 3.63) is 141 Å². The summed E-state index contributed by atoms with van der Waals surface area (Å²) >= 11 is 7.39. The van der Waals surface area contributed by atoms with Crippen LogP contribution in [0.5, 0.6) is 0 Å². The second kappa shape index (κ2) is 12.6. The van der Waals surface area contributed by atoms with Crippen LogP contribution in [0.1, 0.15) is 155 Å². The minimum atomic E-state index is -0.160. The van der Waals surface area contributed by atoms with Gasteiger partial charge in [-0.25, -0.2) is 0 Å². The van der Waals surface area contributed by atoms with E-state index in [2.05, 4.69) is 197 Å². The van der Waals surface area contributed by atoms with Crippen molar-refractivity contribution in [2.75, 3.05) is 4.90 Å². The van der Waals surface area contributed by atoms with E-state index in [0.717, 1.165) is 16.4 Å². The molecule has 0 bridgehead atoms.